The Balaban J connectivity index is 1.68. The molecule has 134 valence electrons. The SMILES string of the molecule is COc1cc(C=NNC(=O)c2ccc3ccccc3c2)ccc1OCC#N. The van der Waals surface area contributed by atoms with E-state index >= 15 is 0 Å². The van der Waals surface area contributed by atoms with E-state index in [1.165, 1.54) is 13.3 Å². The number of methoxy groups -OCH3 is 1. The molecule has 3 rings (SSSR count). The van der Waals surface area contributed by atoms with Crippen LogP contribution in [0.1, 0.15) is 15.9 Å². The maximum absolute atomic E-state index is 12.3. The molecule has 6 heteroatoms. The predicted molar refractivity (Wildman–Crippen MR) is 103 cm³/mol. The van der Waals surface area contributed by atoms with Crippen molar-refractivity contribution in [2.75, 3.05) is 13.7 Å². The molecular weight excluding hydrogens is 342 g/mol. The van der Waals surface area contributed by atoms with Gasteiger partial charge in [0.25, 0.3) is 5.91 Å². The normalized spacial score (nSPS) is 10.5. The molecule has 0 atom stereocenters. The van der Waals surface area contributed by atoms with Crippen LogP contribution >= 0.6 is 0 Å². The Labute approximate surface area is 156 Å². The number of hydrogen-bond acceptors (Lipinski definition) is 5. The number of nitriles is 1. The van der Waals surface area contributed by atoms with Gasteiger partial charge in [-0.25, -0.2) is 5.43 Å². The number of nitrogens with one attached hydrogen (secondary N) is 1. The average molecular weight is 359 g/mol. The molecular formula is C21H17N3O3. The molecule has 0 spiro atoms. The number of hydrazone groups is 1. The van der Waals surface area contributed by atoms with Gasteiger partial charge in [-0.05, 0) is 46.7 Å². The van der Waals surface area contributed by atoms with Crippen LogP contribution in [-0.2, 0) is 0 Å². The van der Waals surface area contributed by atoms with Crippen LogP contribution in [0.5, 0.6) is 11.5 Å². The number of amides is 1. The third-order valence-electron chi connectivity index (χ3n) is 3.87. The van der Waals surface area contributed by atoms with E-state index in [1.54, 1.807) is 24.3 Å². The maximum Gasteiger partial charge on any atom is 0.271 e. The summed E-state index contributed by atoms with van der Waals surface area (Å²) in [6, 6.07) is 20.4. The highest BCUT2D eigenvalue weighted by molar-refractivity contribution is 5.99. The summed E-state index contributed by atoms with van der Waals surface area (Å²) < 4.78 is 10.5. The lowest BCUT2D eigenvalue weighted by Crippen LogP contribution is -2.17. The number of fused-ring (bicyclic) bond motifs is 1. The van der Waals surface area contributed by atoms with Crippen LogP contribution < -0.4 is 14.9 Å². The van der Waals surface area contributed by atoms with Gasteiger partial charge in [0.05, 0.1) is 13.3 Å². The molecule has 3 aromatic carbocycles. The van der Waals surface area contributed by atoms with E-state index in [0.717, 1.165) is 16.3 Å². The monoisotopic (exact) mass is 359 g/mol. The molecule has 0 fully saturated rings. The lowest BCUT2D eigenvalue weighted by atomic mass is 10.1. The minimum atomic E-state index is -0.294. The van der Waals surface area contributed by atoms with Crippen molar-refractivity contribution in [3.8, 4) is 17.6 Å². The van der Waals surface area contributed by atoms with Gasteiger partial charge in [0.2, 0.25) is 0 Å². The smallest absolute Gasteiger partial charge is 0.271 e. The van der Waals surface area contributed by atoms with Crippen LogP contribution in [0.3, 0.4) is 0 Å². The summed E-state index contributed by atoms with van der Waals surface area (Å²) >= 11 is 0. The number of hydrogen-bond donors (Lipinski definition) is 1. The molecule has 0 aliphatic rings. The zero-order chi connectivity index (χ0) is 19.1. The van der Waals surface area contributed by atoms with Crippen molar-refractivity contribution in [2.45, 2.75) is 0 Å². The van der Waals surface area contributed by atoms with Gasteiger partial charge >= 0.3 is 0 Å². The lowest BCUT2D eigenvalue weighted by molar-refractivity contribution is 0.0955. The zero-order valence-corrected chi connectivity index (χ0v) is 14.7. The third kappa shape index (κ3) is 4.41. The topological polar surface area (TPSA) is 83.7 Å². The molecule has 0 saturated carbocycles. The molecule has 1 N–H and O–H groups in total. The van der Waals surface area contributed by atoms with Gasteiger partial charge in [-0.15, -0.1) is 0 Å². The molecule has 0 aromatic heterocycles. The van der Waals surface area contributed by atoms with Gasteiger partial charge in [0.15, 0.2) is 18.1 Å². The van der Waals surface area contributed by atoms with Crippen molar-refractivity contribution in [3.63, 3.8) is 0 Å². The Morgan fingerprint density at radius 1 is 1.11 bits per heavy atom. The van der Waals surface area contributed by atoms with Gasteiger partial charge in [-0.1, -0.05) is 30.3 Å². The number of rotatable bonds is 6. The quantitative estimate of drug-likeness (QED) is 0.539. The average Bonchev–Trinajstić information content (AvgIpc) is 2.72. The number of nitrogens with zero attached hydrogens (tertiary/aromatic N) is 2. The lowest BCUT2D eigenvalue weighted by Gasteiger charge is -2.08. The second-order valence-electron chi connectivity index (χ2n) is 5.62. The molecule has 3 aromatic rings. The number of ether oxygens (including phenoxy) is 2. The first-order valence-corrected chi connectivity index (χ1v) is 8.21. The van der Waals surface area contributed by atoms with E-state index < -0.39 is 0 Å². The molecule has 0 aliphatic carbocycles. The first-order valence-electron chi connectivity index (χ1n) is 8.21. The number of benzene rings is 3. The highest BCUT2D eigenvalue weighted by Crippen LogP contribution is 2.27. The first-order chi connectivity index (χ1) is 13.2. The number of carbonyl (C=O) groups is 1. The van der Waals surface area contributed by atoms with Crippen molar-refractivity contribution in [1.29, 1.82) is 5.26 Å². The largest absolute Gasteiger partial charge is 0.493 e. The van der Waals surface area contributed by atoms with E-state index in [1.807, 2.05) is 42.5 Å². The maximum atomic E-state index is 12.3. The molecule has 0 saturated heterocycles. The van der Waals surface area contributed by atoms with Crippen molar-refractivity contribution in [2.24, 2.45) is 5.10 Å². The Morgan fingerprint density at radius 2 is 1.93 bits per heavy atom. The summed E-state index contributed by atoms with van der Waals surface area (Å²) in [5.41, 5.74) is 3.76. The van der Waals surface area contributed by atoms with Gasteiger partial charge in [0, 0.05) is 5.56 Å². The number of carbonyl (C=O) groups excluding carboxylic acids is 1. The summed E-state index contributed by atoms with van der Waals surface area (Å²) in [5, 5.41) is 14.6. The highest BCUT2D eigenvalue weighted by atomic mass is 16.5. The van der Waals surface area contributed by atoms with E-state index in [2.05, 4.69) is 10.5 Å². The summed E-state index contributed by atoms with van der Waals surface area (Å²) in [6.07, 6.45) is 1.51. The Bertz CT molecular complexity index is 1040. The predicted octanol–water partition coefficient (Wildman–Crippen LogP) is 3.51. The molecule has 1 amide bonds. The van der Waals surface area contributed by atoms with Crippen molar-refractivity contribution >= 4 is 22.9 Å². The summed E-state index contributed by atoms with van der Waals surface area (Å²) in [5.74, 6) is 0.657. The molecule has 0 bridgehead atoms. The fraction of sp³-hybridized carbons (Fsp3) is 0.0952. The van der Waals surface area contributed by atoms with Crippen LogP contribution in [0.15, 0.2) is 65.8 Å². The Kier molecular flexibility index (Phi) is 5.65. The third-order valence-corrected chi connectivity index (χ3v) is 3.87. The summed E-state index contributed by atoms with van der Waals surface area (Å²) in [6.45, 7) is -0.0639. The highest BCUT2D eigenvalue weighted by Gasteiger charge is 2.06. The van der Waals surface area contributed by atoms with Crippen LogP contribution in [0.25, 0.3) is 10.8 Å². The summed E-state index contributed by atoms with van der Waals surface area (Å²) in [7, 11) is 1.51. The molecule has 0 radical (unpaired) electrons. The molecule has 0 heterocycles. The van der Waals surface area contributed by atoms with Crippen LogP contribution in [0, 0.1) is 11.3 Å². The standard InChI is InChI=1S/C21H17N3O3/c1-26-20-12-15(6-9-19(20)27-11-10-22)14-23-24-21(25)18-8-7-16-4-2-3-5-17(16)13-18/h2-9,12-14H,11H2,1H3,(H,24,25). The van der Waals surface area contributed by atoms with E-state index in [9.17, 15) is 4.79 Å². The molecule has 0 aliphatic heterocycles. The van der Waals surface area contributed by atoms with Crippen molar-refractivity contribution < 1.29 is 14.3 Å². The van der Waals surface area contributed by atoms with Crippen LogP contribution in [-0.4, -0.2) is 25.8 Å². The van der Waals surface area contributed by atoms with Gasteiger partial charge in [-0.2, -0.15) is 10.4 Å². The Morgan fingerprint density at radius 3 is 2.70 bits per heavy atom. The minimum Gasteiger partial charge on any atom is -0.493 e. The second-order valence-corrected chi connectivity index (χ2v) is 5.62. The first kappa shape index (κ1) is 18.0. The van der Waals surface area contributed by atoms with E-state index in [-0.39, 0.29) is 12.5 Å². The fourth-order valence-corrected chi connectivity index (χ4v) is 2.55. The molecule has 27 heavy (non-hydrogen) atoms. The van der Waals surface area contributed by atoms with Crippen LogP contribution in [0.2, 0.25) is 0 Å². The Hall–Kier alpha value is -3.85. The summed E-state index contributed by atoms with van der Waals surface area (Å²) in [4.78, 5) is 12.3. The second kappa shape index (κ2) is 8.50. The van der Waals surface area contributed by atoms with E-state index in [0.29, 0.717) is 17.1 Å². The molecule has 6 nitrogen and oxygen atoms in total. The fourth-order valence-electron chi connectivity index (χ4n) is 2.55. The van der Waals surface area contributed by atoms with Crippen molar-refractivity contribution in [1.82, 2.24) is 5.43 Å². The molecule has 0 unspecified atom stereocenters. The van der Waals surface area contributed by atoms with Crippen molar-refractivity contribution in [3.05, 3.63) is 71.8 Å². The zero-order valence-electron chi connectivity index (χ0n) is 14.7. The van der Waals surface area contributed by atoms with Gasteiger partial charge in [-0.3, -0.25) is 4.79 Å². The minimum absolute atomic E-state index is 0.0639. The van der Waals surface area contributed by atoms with Crippen LogP contribution in [0.4, 0.5) is 0 Å². The van der Waals surface area contributed by atoms with Gasteiger partial charge < -0.3 is 9.47 Å². The van der Waals surface area contributed by atoms with E-state index in [4.69, 9.17) is 14.7 Å². The van der Waals surface area contributed by atoms with Gasteiger partial charge in [0.1, 0.15) is 6.07 Å².